The summed E-state index contributed by atoms with van der Waals surface area (Å²) in [6.45, 7) is 4.53. The van der Waals surface area contributed by atoms with E-state index >= 15 is 0 Å². The Labute approximate surface area is 163 Å². The lowest BCUT2D eigenvalue weighted by atomic mass is 10.1. The van der Waals surface area contributed by atoms with Crippen LogP contribution in [0.1, 0.15) is 31.4 Å². The third-order valence-electron chi connectivity index (χ3n) is 4.17. The molecule has 0 fully saturated rings. The minimum atomic E-state index is -1.37. The Bertz CT molecular complexity index is 989. The molecule has 3 aromatic rings. The monoisotopic (exact) mass is 381 g/mol. The predicted octanol–water partition coefficient (Wildman–Crippen LogP) is 2.97. The van der Waals surface area contributed by atoms with E-state index in [1.54, 1.807) is 23.0 Å². The maximum Gasteiger partial charge on any atom is 0.153 e. The van der Waals surface area contributed by atoms with E-state index in [1.165, 1.54) is 0 Å². The highest BCUT2D eigenvalue weighted by Crippen LogP contribution is 2.27. The summed E-state index contributed by atoms with van der Waals surface area (Å²) in [4.78, 5) is 0. The first-order chi connectivity index (χ1) is 13.5. The van der Waals surface area contributed by atoms with E-state index in [-0.39, 0.29) is 12.5 Å². The van der Waals surface area contributed by atoms with Gasteiger partial charge in [0.2, 0.25) is 0 Å². The molecule has 0 aliphatic heterocycles. The zero-order valence-electron chi connectivity index (χ0n) is 15.9. The first-order valence-corrected chi connectivity index (χ1v) is 9.11. The summed E-state index contributed by atoms with van der Waals surface area (Å²) in [5.41, 5.74) is 2.19. The van der Waals surface area contributed by atoms with Crippen LogP contribution in [0.4, 0.5) is 0 Å². The van der Waals surface area contributed by atoms with Gasteiger partial charge in [0.15, 0.2) is 6.29 Å². The van der Waals surface area contributed by atoms with Gasteiger partial charge in [-0.05, 0) is 43.7 Å². The lowest BCUT2D eigenvalue weighted by molar-refractivity contribution is -0.0480. The Morgan fingerprint density at radius 3 is 2.71 bits per heavy atom. The number of aromatic nitrogens is 2. The van der Waals surface area contributed by atoms with Gasteiger partial charge < -0.3 is 19.7 Å². The van der Waals surface area contributed by atoms with E-state index in [0.29, 0.717) is 30.2 Å². The van der Waals surface area contributed by atoms with Crippen molar-refractivity contribution in [1.82, 2.24) is 9.78 Å². The summed E-state index contributed by atoms with van der Waals surface area (Å²) in [6.07, 6.45) is 0.532. The number of hydrogen-bond donors (Lipinski definition) is 2. The third-order valence-corrected chi connectivity index (χ3v) is 4.17. The quantitative estimate of drug-likeness (QED) is 0.582. The van der Waals surface area contributed by atoms with Crippen LogP contribution in [-0.2, 0) is 13.2 Å². The Kier molecular flexibility index (Phi) is 6.14. The molecule has 0 amide bonds. The fourth-order valence-corrected chi connectivity index (χ4v) is 2.89. The number of ether oxygens (including phenoxy) is 2. The van der Waals surface area contributed by atoms with Crippen LogP contribution in [-0.4, -0.2) is 32.4 Å². The highest BCUT2D eigenvalue weighted by atomic mass is 16.5. The first-order valence-electron chi connectivity index (χ1n) is 9.11. The fraction of sp³-hybridized carbons (Fsp3) is 0.333. The summed E-state index contributed by atoms with van der Waals surface area (Å²) < 4.78 is 13.3. The minimum absolute atomic E-state index is 0.00437. The topological polar surface area (TPSA) is 101 Å². The van der Waals surface area contributed by atoms with Gasteiger partial charge in [0.1, 0.15) is 24.2 Å². The number of nitrogens with zero attached hydrogens (tertiary/aromatic N) is 3. The summed E-state index contributed by atoms with van der Waals surface area (Å²) >= 11 is 0. The standard InChI is InChI=1S/C21H23N3O4/c1-14(2)28-19-7-6-15(10-16(19)11-22)13-27-20-5-3-4-18-17(20)12-23-24(18)9-8-21(25)26/h3-7,10,12,14,21,25-26H,8-9,13H2,1-2H3. The normalized spacial score (nSPS) is 11.2. The fourth-order valence-electron chi connectivity index (χ4n) is 2.89. The Morgan fingerprint density at radius 2 is 2.00 bits per heavy atom. The molecule has 0 atom stereocenters. The van der Waals surface area contributed by atoms with Crippen LogP contribution in [0.2, 0.25) is 0 Å². The molecular formula is C21H23N3O4. The van der Waals surface area contributed by atoms with Gasteiger partial charge in [-0.25, -0.2) is 0 Å². The van der Waals surface area contributed by atoms with Crippen molar-refractivity contribution in [2.75, 3.05) is 0 Å². The molecular weight excluding hydrogens is 358 g/mol. The average molecular weight is 381 g/mol. The van der Waals surface area contributed by atoms with Crippen molar-refractivity contribution in [3.8, 4) is 17.6 Å². The summed E-state index contributed by atoms with van der Waals surface area (Å²) in [5, 5.41) is 32.6. The number of aryl methyl sites for hydroxylation is 1. The number of rotatable bonds is 8. The molecule has 0 aliphatic rings. The van der Waals surface area contributed by atoms with Gasteiger partial charge in [-0.15, -0.1) is 0 Å². The number of hydrogen-bond acceptors (Lipinski definition) is 6. The molecule has 0 aliphatic carbocycles. The van der Waals surface area contributed by atoms with E-state index in [1.807, 2.05) is 38.1 Å². The number of nitriles is 1. The predicted molar refractivity (Wildman–Crippen MR) is 104 cm³/mol. The van der Waals surface area contributed by atoms with Crippen molar-refractivity contribution in [3.63, 3.8) is 0 Å². The maximum absolute atomic E-state index is 9.36. The van der Waals surface area contributed by atoms with E-state index < -0.39 is 6.29 Å². The van der Waals surface area contributed by atoms with Crippen molar-refractivity contribution < 1.29 is 19.7 Å². The van der Waals surface area contributed by atoms with Crippen molar-refractivity contribution in [3.05, 3.63) is 53.7 Å². The van der Waals surface area contributed by atoms with Gasteiger partial charge in [-0.2, -0.15) is 10.4 Å². The molecule has 3 rings (SSSR count). The van der Waals surface area contributed by atoms with Crippen molar-refractivity contribution in [1.29, 1.82) is 5.26 Å². The van der Waals surface area contributed by atoms with E-state index in [2.05, 4.69) is 11.2 Å². The van der Waals surface area contributed by atoms with Crippen LogP contribution in [0, 0.1) is 11.3 Å². The molecule has 0 saturated carbocycles. The molecule has 146 valence electrons. The van der Waals surface area contributed by atoms with Crippen LogP contribution in [0.5, 0.6) is 11.5 Å². The molecule has 0 radical (unpaired) electrons. The zero-order valence-corrected chi connectivity index (χ0v) is 15.9. The first kappa shape index (κ1) is 19.7. The highest BCUT2D eigenvalue weighted by Gasteiger charge is 2.11. The molecule has 0 spiro atoms. The van der Waals surface area contributed by atoms with Gasteiger partial charge in [0, 0.05) is 13.0 Å². The zero-order chi connectivity index (χ0) is 20.1. The molecule has 7 heteroatoms. The molecule has 1 aromatic heterocycles. The van der Waals surface area contributed by atoms with Crippen LogP contribution in [0.15, 0.2) is 42.6 Å². The molecule has 2 aromatic carbocycles. The van der Waals surface area contributed by atoms with E-state index in [0.717, 1.165) is 16.5 Å². The lowest BCUT2D eigenvalue weighted by Crippen LogP contribution is -2.10. The van der Waals surface area contributed by atoms with Crippen LogP contribution in [0.25, 0.3) is 10.9 Å². The second-order valence-electron chi connectivity index (χ2n) is 6.72. The molecule has 28 heavy (non-hydrogen) atoms. The number of aliphatic hydroxyl groups is 2. The van der Waals surface area contributed by atoms with Gasteiger partial charge in [0.25, 0.3) is 0 Å². The highest BCUT2D eigenvalue weighted by molar-refractivity contribution is 5.85. The Morgan fingerprint density at radius 1 is 1.18 bits per heavy atom. The molecule has 0 saturated heterocycles. The maximum atomic E-state index is 9.36. The molecule has 7 nitrogen and oxygen atoms in total. The molecule has 1 heterocycles. The Balaban J connectivity index is 1.76. The van der Waals surface area contributed by atoms with Crippen molar-refractivity contribution >= 4 is 10.9 Å². The molecule has 0 unspecified atom stereocenters. The van der Waals surface area contributed by atoms with Crippen LogP contribution in [0.3, 0.4) is 0 Å². The van der Waals surface area contributed by atoms with Crippen LogP contribution >= 0.6 is 0 Å². The molecule has 0 bridgehead atoms. The largest absolute Gasteiger partial charge is 0.490 e. The number of benzene rings is 2. The SMILES string of the molecule is CC(C)Oc1ccc(COc2cccc3c2cnn3CCC(O)O)cc1C#N. The van der Waals surface area contributed by atoms with Gasteiger partial charge in [0.05, 0.1) is 28.8 Å². The van der Waals surface area contributed by atoms with Gasteiger partial charge in [-0.1, -0.05) is 12.1 Å². The van der Waals surface area contributed by atoms with Gasteiger partial charge >= 0.3 is 0 Å². The van der Waals surface area contributed by atoms with Gasteiger partial charge in [-0.3, -0.25) is 4.68 Å². The summed E-state index contributed by atoms with van der Waals surface area (Å²) in [7, 11) is 0. The average Bonchev–Trinajstić information content (AvgIpc) is 3.08. The van der Waals surface area contributed by atoms with Crippen molar-refractivity contribution in [2.45, 2.75) is 45.8 Å². The van der Waals surface area contributed by atoms with E-state index in [4.69, 9.17) is 19.7 Å². The number of aliphatic hydroxyl groups excluding tert-OH is 1. The van der Waals surface area contributed by atoms with E-state index in [9.17, 15) is 5.26 Å². The van der Waals surface area contributed by atoms with Crippen molar-refractivity contribution in [2.24, 2.45) is 0 Å². The minimum Gasteiger partial charge on any atom is -0.490 e. The molecule has 2 N–H and O–H groups in total. The Hall–Kier alpha value is -3.08. The number of fused-ring (bicyclic) bond motifs is 1. The summed E-state index contributed by atoms with van der Waals surface area (Å²) in [6, 6.07) is 13.2. The summed E-state index contributed by atoms with van der Waals surface area (Å²) in [5.74, 6) is 1.24. The van der Waals surface area contributed by atoms with Crippen LogP contribution < -0.4 is 9.47 Å². The second-order valence-corrected chi connectivity index (χ2v) is 6.72. The lowest BCUT2D eigenvalue weighted by Gasteiger charge is -2.13. The third kappa shape index (κ3) is 4.60. The smallest absolute Gasteiger partial charge is 0.153 e. The second kappa shape index (κ2) is 8.74.